The summed E-state index contributed by atoms with van der Waals surface area (Å²) in [6.07, 6.45) is 0. The van der Waals surface area contributed by atoms with E-state index in [1.54, 1.807) is 30.3 Å². The number of rotatable bonds is 3. The van der Waals surface area contributed by atoms with Gasteiger partial charge in [0.2, 0.25) is 5.89 Å². The second-order valence-corrected chi connectivity index (χ2v) is 9.66. The molecule has 28 heavy (non-hydrogen) atoms. The number of aromatic nitrogens is 1. The van der Waals surface area contributed by atoms with Crippen molar-refractivity contribution in [1.29, 1.82) is 0 Å². The van der Waals surface area contributed by atoms with E-state index in [9.17, 15) is 4.79 Å². The minimum atomic E-state index is -0.271. The summed E-state index contributed by atoms with van der Waals surface area (Å²) in [4.78, 5) is 17.2. The number of halogens is 4. The molecule has 0 atom stereocenters. The van der Waals surface area contributed by atoms with Crippen LogP contribution in [0, 0.1) is 7.14 Å². The highest BCUT2D eigenvalue weighted by atomic mass is 127. The highest BCUT2D eigenvalue weighted by Gasteiger charge is 2.15. The van der Waals surface area contributed by atoms with E-state index in [1.807, 2.05) is 24.3 Å². The maximum Gasteiger partial charge on any atom is 0.257 e. The molecule has 4 aromatic rings. The number of nitrogens with zero attached hydrogens (tertiary/aromatic N) is 1. The predicted molar refractivity (Wildman–Crippen MR) is 132 cm³/mol. The Kier molecular flexibility index (Phi) is 5.96. The van der Waals surface area contributed by atoms with Crippen molar-refractivity contribution < 1.29 is 9.21 Å². The van der Waals surface area contributed by atoms with Crippen LogP contribution in [-0.4, -0.2) is 10.9 Å². The maximum atomic E-state index is 12.6. The molecule has 0 saturated heterocycles. The first-order valence-electron chi connectivity index (χ1n) is 8.03. The van der Waals surface area contributed by atoms with E-state index in [0.717, 1.165) is 17.2 Å². The van der Waals surface area contributed by atoms with Gasteiger partial charge < -0.3 is 9.73 Å². The Hall–Kier alpha value is -1.17. The predicted octanol–water partition coefficient (Wildman–Crippen LogP) is 7.37. The van der Waals surface area contributed by atoms with Crippen LogP contribution in [0.3, 0.4) is 0 Å². The normalized spacial score (nSPS) is 11.0. The summed E-state index contributed by atoms with van der Waals surface area (Å²) in [6.45, 7) is 0. The summed E-state index contributed by atoms with van der Waals surface area (Å²) in [5.74, 6) is 0.247. The third-order valence-corrected chi connectivity index (χ3v) is 6.34. The fraction of sp³-hybridized carbons (Fsp3) is 0. The van der Waals surface area contributed by atoms with Gasteiger partial charge in [-0.2, -0.15) is 0 Å². The van der Waals surface area contributed by atoms with Crippen LogP contribution in [0.5, 0.6) is 0 Å². The average Bonchev–Trinajstić information content (AvgIpc) is 3.08. The number of amides is 1. The molecule has 8 heteroatoms. The molecule has 4 rings (SSSR count). The third-order valence-electron chi connectivity index (χ3n) is 3.98. The second-order valence-electron chi connectivity index (χ2n) is 5.90. The zero-order valence-corrected chi connectivity index (χ0v) is 20.6. The molecule has 3 aromatic carbocycles. The monoisotopic (exact) mass is 678 g/mol. The molecule has 1 aromatic heterocycles. The standard InChI is InChI=1S/C20H10BrClI2N2O2/c21-15-4-1-10(23)7-13(15)20-26-17-9-12(3-6-18(17)28-20)25-19(27)14-8-11(24)2-5-16(14)22/h1-9H,(H,25,27). The maximum absolute atomic E-state index is 12.6. The van der Waals surface area contributed by atoms with Gasteiger partial charge in [0, 0.05) is 17.3 Å². The fourth-order valence-electron chi connectivity index (χ4n) is 2.65. The van der Waals surface area contributed by atoms with Gasteiger partial charge in [0.15, 0.2) is 5.58 Å². The summed E-state index contributed by atoms with van der Waals surface area (Å²) in [5.41, 5.74) is 3.23. The molecule has 0 spiro atoms. The fourth-order valence-corrected chi connectivity index (χ4v) is 4.25. The van der Waals surface area contributed by atoms with Gasteiger partial charge in [0.1, 0.15) is 5.52 Å². The van der Waals surface area contributed by atoms with Gasteiger partial charge in [-0.05, 0) is 116 Å². The van der Waals surface area contributed by atoms with Crippen molar-refractivity contribution in [2.24, 2.45) is 0 Å². The number of carbonyl (C=O) groups is 1. The van der Waals surface area contributed by atoms with Gasteiger partial charge in [-0.25, -0.2) is 4.98 Å². The molecule has 0 bridgehead atoms. The first kappa shape index (κ1) is 20.1. The van der Waals surface area contributed by atoms with Crippen molar-refractivity contribution in [2.45, 2.75) is 0 Å². The Morgan fingerprint density at radius 2 is 1.79 bits per heavy atom. The summed E-state index contributed by atoms with van der Waals surface area (Å²) in [6, 6.07) is 16.6. The van der Waals surface area contributed by atoms with Crippen LogP contribution >= 0.6 is 72.7 Å². The zero-order valence-electron chi connectivity index (χ0n) is 14.0. The highest BCUT2D eigenvalue weighted by molar-refractivity contribution is 14.1. The van der Waals surface area contributed by atoms with Crippen LogP contribution in [-0.2, 0) is 0 Å². The lowest BCUT2D eigenvalue weighted by Crippen LogP contribution is -2.12. The summed E-state index contributed by atoms with van der Waals surface area (Å²) in [5, 5.41) is 3.28. The number of fused-ring (bicyclic) bond motifs is 1. The molecular weight excluding hydrogens is 669 g/mol. The number of carbonyl (C=O) groups excluding carboxylic acids is 1. The molecular formula is C20H10BrClI2N2O2. The molecule has 1 N–H and O–H groups in total. The Balaban J connectivity index is 1.66. The molecule has 140 valence electrons. The number of hydrogen-bond acceptors (Lipinski definition) is 3. The van der Waals surface area contributed by atoms with Crippen molar-refractivity contribution in [3.63, 3.8) is 0 Å². The number of hydrogen-bond donors (Lipinski definition) is 1. The second kappa shape index (κ2) is 8.29. The summed E-state index contributed by atoms with van der Waals surface area (Å²) in [7, 11) is 0. The van der Waals surface area contributed by atoms with Crippen molar-refractivity contribution in [3.8, 4) is 11.5 Å². The number of oxazole rings is 1. The Labute approximate surface area is 201 Å². The van der Waals surface area contributed by atoms with Crippen LogP contribution in [0.4, 0.5) is 5.69 Å². The third kappa shape index (κ3) is 4.22. The van der Waals surface area contributed by atoms with Crippen LogP contribution in [0.2, 0.25) is 5.02 Å². The lowest BCUT2D eigenvalue weighted by Gasteiger charge is -2.07. The Morgan fingerprint density at radius 3 is 2.61 bits per heavy atom. The van der Waals surface area contributed by atoms with Gasteiger partial charge in [0.25, 0.3) is 5.91 Å². The van der Waals surface area contributed by atoms with Crippen LogP contribution in [0.25, 0.3) is 22.6 Å². The van der Waals surface area contributed by atoms with Gasteiger partial charge >= 0.3 is 0 Å². The van der Waals surface area contributed by atoms with E-state index in [-0.39, 0.29) is 5.91 Å². The van der Waals surface area contributed by atoms with Crippen molar-refractivity contribution >= 4 is 95.4 Å². The first-order chi connectivity index (χ1) is 13.4. The van der Waals surface area contributed by atoms with E-state index in [2.05, 4.69) is 71.4 Å². The molecule has 0 fully saturated rings. The van der Waals surface area contributed by atoms with Crippen molar-refractivity contribution in [1.82, 2.24) is 4.98 Å². The summed E-state index contributed by atoms with van der Waals surface area (Å²) < 4.78 is 8.81. The van der Waals surface area contributed by atoms with E-state index in [0.29, 0.717) is 33.3 Å². The Morgan fingerprint density at radius 1 is 1.04 bits per heavy atom. The lowest BCUT2D eigenvalue weighted by atomic mass is 10.2. The molecule has 0 unspecified atom stereocenters. The minimum Gasteiger partial charge on any atom is -0.436 e. The molecule has 0 radical (unpaired) electrons. The molecule has 1 amide bonds. The van der Waals surface area contributed by atoms with Gasteiger partial charge in [-0.15, -0.1) is 0 Å². The minimum absolute atomic E-state index is 0.271. The van der Waals surface area contributed by atoms with Crippen molar-refractivity contribution in [2.75, 3.05) is 5.32 Å². The summed E-state index contributed by atoms with van der Waals surface area (Å²) >= 11 is 14.1. The highest BCUT2D eigenvalue weighted by Crippen LogP contribution is 2.32. The molecule has 0 saturated carbocycles. The zero-order chi connectivity index (χ0) is 19.8. The average molecular weight is 679 g/mol. The van der Waals surface area contributed by atoms with E-state index >= 15 is 0 Å². The molecule has 0 aliphatic carbocycles. The number of benzene rings is 3. The van der Waals surface area contributed by atoms with E-state index in [4.69, 9.17) is 16.0 Å². The smallest absolute Gasteiger partial charge is 0.257 e. The largest absolute Gasteiger partial charge is 0.436 e. The first-order valence-corrected chi connectivity index (χ1v) is 11.4. The van der Waals surface area contributed by atoms with Crippen molar-refractivity contribution in [3.05, 3.63) is 76.8 Å². The molecule has 1 heterocycles. The quantitative estimate of drug-likeness (QED) is 0.230. The van der Waals surface area contributed by atoms with E-state index in [1.165, 1.54) is 0 Å². The van der Waals surface area contributed by atoms with Crippen LogP contribution < -0.4 is 5.32 Å². The van der Waals surface area contributed by atoms with E-state index < -0.39 is 0 Å². The SMILES string of the molecule is O=C(Nc1ccc2oc(-c3cc(I)ccc3Br)nc2c1)c1cc(I)ccc1Cl. The topological polar surface area (TPSA) is 55.1 Å². The van der Waals surface area contributed by atoms with Gasteiger partial charge in [0.05, 0.1) is 16.1 Å². The number of anilines is 1. The van der Waals surface area contributed by atoms with Gasteiger partial charge in [-0.1, -0.05) is 11.6 Å². The van der Waals surface area contributed by atoms with Gasteiger partial charge in [-0.3, -0.25) is 4.79 Å². The lowest BCUT2D eigenvalue weighted by molar-refractivity contribution is 0.102. The molecule has 0 aliphatic rings. The molecule has 0 aliphatic heterocycles. The Bertz CT molecular complexity index is 1230. The van der Waals surface area contributed by atoms with Crippen LogP contribution in [0.15, 0.2) is 63.5 Å². The number of nitrogens with one attached hydrogen (secondary N) is 1. The van der Waals surface area contributed by atoms with Crippen LogP contribution in [0.1, 0.15) is 10.4 Å². The molecule has 4 nitrogen and oxygen atoms in total.